The van der Waals surface area contributed by atoms with Crippen LogP contribution in [0, 0.1) is 0 Å². The van der Waals surface area contributed by atoms with Crippen molar-refractivity contribution >= 4 is 38.4 Å². The second-order valence-electron chi connectivity index (χ2n) is 4.80. The molecule has 25 heavy (non-hydrogen) atoms. The molecule has 0 radical (unpaired) electrons. The van der Waals surface area contributed by atoms with E-state index in [4.69, 9.17) is 5.73 Å². The van der Waals surface area contributed by atoms with Crippen LogP contribution in [0.2, 0.25) is 0 Å². The van der Waals surface area contributed by atoms with Gasteiger partial charge in [-0.2, -0.15) is 13.2 Å². The van der Waals surface area contributed by atoms with Crippen LogP contribution in [-0.4, -0.2) is 33.6 Å². The molecule has 3 rings (SSSR count). The first kappa shape index (κ1) is 16.9. The van der Waals surface area contributed by atoms with Gasteiger partial charge in [-0.25, -0.2) is 15.0 Å². The standard InChI is InChI=1S/C14H10F3N5O2S/c15-14(16,17)6-24-7-1-2-8-9(5-7)25-13(21-8)22-12(23)10-11(18)20-4-3-19-10/h1-5H,6H2,(H2,18,20)(H,21,22,23). The molecule has 0 aliphatic heterocycles. The Balaban J connectivity index is 1.77. The maximum absolute atomic E-state index is 12.2. The molecule has 1 aromatic carbocycles. The average molecular weight is 369 g/mol. The molecule has 0 saturated heterocycles. The quantitative estimate of drug-likeness (QED) is 0.733. The number of carbonyl (C=O) groups excluding carboxylic acids is 1. The Morgan fingerprint density at radius 1 is 1.28 bits per heavy atom. The summed E-state index contributed by atoms with van der Waals surface area (Å²) in [5, 5.41) is 2.78. The predicted molar refractivity (Wildman–Crippen MR) is 85.6 cm³/mol. The van der Waals surface area contributed by atoms with Crippen molar-refractivity contribution in [1.82, 2.24) is 15.0 Å². The summed E-state index contributed by atoms with van der Waals surface area (Å²) in [5.41, 5.74) is 6.04. The molecular weight excluding hydrogens is 359 g/mol. The Kier molecular flexibility index (Phi) is 4.40. The second kappa shape index (κ2) is 6.51. The fraction of sp³-hybridized carbons (Fsp3) is 0.143. The van der Waals surface area contributed by atoms with Crippen LogP contribution >= 0.6 is 11.3 Å². The van der Waals surface area contributed by atoms with Crippen LogP contribution in [0.3, 0.4) is 0 Å². The normalized spacial score (nSPS) is 11.5. The molecule has 130 valence electrons. The number of benzene rings is 1. The highest BCUT2D eigenvalue weighted by Gasteiger charge is 2.28. The van der Waals surface area contributed by atoms with Crippen LogP contribution in [0.5, 0.6) is 5.75 Å². The van der Waals surface area contributed by atoms with Crippen LogP contribution in [0.25, 0.3) is 10.2 Å². The molecule has 0 bridgehead atoms. The molecule has 0 saturated carbocycles. The first-order valence-corrected chi connectivity index (χ1v) is 7.61. The summed E-state index contributed by atoms with van der Waals surface area (Å²) in [6.07, 6.45) is -1.74. The van der Waals surface area contributed by atoms with Crippen molar-refractivity contribution in [3.05, 3.63) is 36.3 Å². The maximum Gasteiger partial charge on any atom is 0.422 e. The summed E-state index contributed by atoms with van der Waals surface area (Å²) in [6.45, 7) is -1.38. The number of anilines is 2. The number of aromatic nitrogens is 3. The summed E-state index contributed by atoms with van der Waals surface area (Å²) < 4.78 is 41.8. The van der Waals surface area contributed by atoms with E-state index in [2.05, 4.69) is 25.0 Å². The van der Waals surface area contributed by atoms with Crippen molar-refractivity contribution in [1.29, 1.82) is 0 Å². The van der Waals surface area contributed by atoms with Gasteiger partial charge >= 0.3 is 6.18 Å². The van der Waals surface area contributed by atoms with Gasteiger partial charge in [-0.3, -0.25) is 10.1 Å². The largest absolute Gasteiger partial charge is 0.484 e. The average Bonchev–Trinajstić information content (AvgIpc) is 2.94. The molecule has 0 fully saturated rings. The molecule has 1 amide bonds. The summed E-state index contributed by atoms with van der Waals surface area (Å²) in [6, 6.07) is 4.30. The van der Waals surface area contributed by atoms with Crippen molar-refractivity contribution < 1.29 is 22.7 Å². The van der Waals surface area contributed by atoms with Crippen LogP contribution in [-0.2, 0) is 0 Å². The first-order chi connectivity index (χ1) is 11.8. The molecule has 3 aromatic rings. The number of carbonyl (C=O) groups is 1. The summed E-state index contributed by atoms with van der Waals surface area (Å²) in [5.74, 6) is -0.549. The van der Waals surface area contributed by atoms with Gasteiger partial charge in [0, 0.05) is 12.4 Å². The van der Waals surface area contributed by atoms with E-state index in [-0.39, 0.29) is 22.4 Å². The Morgan fingerprint density at radius 2 is 2.04 bits per heavy atom. The Morgan fingerprint density at radius 3 is 2.76 bits per heavy atom. The van der Waals surface area contributed by atoms with E-state index < -0.39 is 18.7 Å². The SMILES string of the molecule is Nc1nccnc1C(=O)Nc1nc2ccc(OCC(F)(F)F)cc2s1. The number of hydrogen-bond donors (Lipinski definition) is 2. The van der Waals surface area contributed by atoms with E-state index in [1.807, 2.05) is 0 Å². The number of nitrogens with zero attached hydrogens (tertiary/aromatic N) is 3. The molecular formula is C14H10F3N5O2S. The van der Waals surface area contributed by atoms with Crippen molar-refractivity contribution in [2.75, 3.05) is 17.7 Å². The van der Waals surface area contributed by atoms with E-state index in [1.54, 1.807) is 0 Å². The van der Waals surface area contributed by atoms with Crippen LogP contribution < -0.4 is 15.8 Å². The molecule has 2 heterocycles. The Labute approximate surface area is 142 Å². The van der Waals surface area contributed by atoms with Gasteiger partial charge in [0.15, 0.2) is 23.3 Å². The van der Waals surface area contributed by atoms with Crippen molar-refractivity contribution in [3.63, 3.8) is 0 Å². The Hall–Kier alpha value is -2.95. The number of amides is 1. The number of thiazole rings is 1. The minimum absolute atomic E-state index is 0.0241. The lowest BCUT2D eigenvalue weighted by Crippen LogP contribution is -2.19. The van der Waals surface area contributed by atoms with Crippen molar-refractivity contribution in [2.45, 2.75) is 6.18 Å². The van der Waals surface area contributed by atoms with Crippen molar-refractivity contribution in [2.24, 2.45) is 0 Å². The lowest BCUT2D eigenvalue weighted by atomic mass is 10.3. The highest BCUT2D eigenvalue weighted by molar-refractivity contribution is 7.22. The van der Waals surface area contributed by atoms with Gasteiger partial charge in [0.2, 0.25) is 0 Å². The van der Waals surface area contributed by atoms with E-state index >= 15 is 0 Å². The fourth-order valence-corrected chi connectivity index (χ4v) is 2.78. The molecule has 0 unspecified atom stereocenters. The zero-order valence-electron chi connectivity index (χ0n) is 12.4. The zero-order chi connectivity index (χ0) is 18.0. The summed E-state index contributed by atoms with van der Waals surface area (Å²) in [7, 11) is 0. The van der Waals surface area contributed by atoms with Gasteiger partial charge in [0.25, 0.3) is 5.91 Å². The topological polar surface area (TPSA) is 103 Å². The number of halogens is 3. The number of rotatable bonds is 4. The van der Waals surface area contributed by atoms with Gasteiger partial charge in [-0.1, -0.05) is 11.3 Å². The molecule has 0 atom stereocenters. The molecule has 3 N–H and O–H groups in total. The lowest BCUT2D eigenvalue weighted by Gasteiger charge is -2.08. The van der Waals surface area contributed by atoms with Crippen molar-refractivity contribution in [3.8, 4) is 5.75 Å². The molecule has 7 nitrogen and oxygen atoms in total. The highest BCUT2D eigenvalue weighted by atomic mass is 32.1. The number of nitrogens with two attached hydrogens (primary N) is 1. The predicted octanol–water partition coefficient (Wildman–Crippen LogP) is 2.86. The maximum atomic E-state index is 12.2. The van der Waals surface area contributed by atoms with E-state index in [0.29, 0.717) is 10.2 Å². The molecule has 0 aliphatic carbocycles. The number of nitrogens with one attached hydrogen (secondary N) is 1. The minimum atomic E-state index is -4.42. The first-order valence-electron chi connectivity index (χ1n) is 6.80. The molecule has 11 heteroatoms. The van der Waals surface area contributed by atoms with Gasteiger partial charge in [-0.15, -0.1) is 0 Å². The van der Waals surface area contributed by atoms with Gasteiger partial charge in [0.05, 0.1) is 10.2 Å². The number of ether oxygens (including phenoxy) is 1. The van der Waals surface area contributed by atoms with Gasteiger partial charge in [-0.05, 0) is 18.2 Å². The monoisotopic (exact) mass is 369 g/mol. The summed E-state index contributed by atoms with van der Waals surface area (Å²) >= 11 is 1.08. The van der Waals surface area contributed by atoms with E-state index in [1.165, 1.54) is 30.6 Å². The van der Waals surface area contributed by atoms with Crippen LogP contribution in [0.1, 0.15) is 10.5 Å². The van der Waals surface area contributed by atoms with E-state index in [9.17, 15) is 18.0 Å². The number of nitrogen functional groups attached to an aromatic ring is 1. The number of fused-ring (bicyclic) bond motifs is 1. The third-order valence-corrected chi connectivity index (χ3v) is 3.86. The van der Waals surface area contributed by atoms with Gasteiger partial charge < -0.3 is 10.5 Å². The van der Waals surface area contributed by atoms with E-state index in [0.717, 1.165) is 11.3 Å². The molecule has 0 spiro atoms. The lowest BCUT2D eigenvalue weighted by molar-refractivity contribution is -0.153. The fourth-order valence-electron chi connectivity index (χ4n) is 1.89. The van der Waals surface area contributed by atoms with Crippen LogP contribution in [0.15, 0.2) is 30.6 Å². The minimum Gasteiger partial charge on any atom is -0.484 e. The second-order valence-corrected chi connectivity index (χ2v) is 5.83. The molecule has 2 aromatic heterocycles. The smallest absolute Gasteiger partial charge is 0.422 e. The highest BCUT2D eigenvalue weighted by Crippen LogP contribution is 2.30. The third kappa shape index (κ3) is 4.12. The van der Waals surface area contributed by atoms with Crippen LogP contribution in [0.4, 0.5) is 24.1 Å². The third-order valence-electron chi connectivity index (χ3n) is 2.92. The Bertz CT molecular complexity index is 928. The number of hydrogen-bond acceptors (Lipinski definition) is 7. The molecule has 0 aliphatic rings. The van der Waals surface area contributed by atoms with Gasteiger partial charge in [0.1, 0.15) is 5.75 Å². The summed E-state index contributed by atoms with van der Waals surface area (Å²) in [4.78, 5) is 23.9. The zero-order valence-corrected chi connectivity index (χ0v) is 13.2. The number of alkyl halides is 3.